The first-order valence-electron chi connectivity index (χ1n) is 7.12. The molecule has 4 nitrogen and oxygen atoms in total. The molecule has 1 aromatic rings. The van der Waals surface area contributed by atoms with Gasteiger partial charge in [-0.2, -0.15) is 18.2 Å². The van der Waals surface area contributed by atoms with Crippen molar-refractivity contribution in [2.75, 3.05) is 0 Å². The van der Waals surface area contributed by atoms with Gasteiger partial charge in [0.1, 0.15) is 0 Å². The maximum Gasteiger partial charge on any atom is 0.392 e. The van der Waals surface area contributed by atoms with Gasteiger partial charge in [-0.25, -0.2) is 0 Å². The van der Waals surface area contributed by atoms with Crippen molar-refractivity contribution in [1.82, 2.24) is 10.1 Å². The zero-order valence-electron chi connectivity index (χ0n) is 11.1. The van der Waals surface area contributed by atoms with Gasteiger partial charge in [0.2, 0.25) is 5.89 Å². The molecule has 2 N–H and O–H groups in total. The Hall–Kier alpha value is -1.11. The molecule has 0 aliphatic heterocycles. The smallest absolute Gasteiger partial charge is 0.339 e. The van der Waals surface area contributed by atoms with Gasteiger partial charge in [0.15, 0.2) is 5.82 Å². The number of nitrogens with two attached hydrogens (primary N) is 1. The molecule has 3 rings (SSSR count). The van der Waals surface area contributed by atoms with E-state index in [0.29, 0.717) is 24.6 Å². The molecule has 2 aliphatic rings. The molecule has 2 aliphatic carbocycles. The Bertz CT molecular complexity index is 470. The van der Waals surface area contributed by atoms with E-state index in [1.165, 1.54) is 0 Å². The highest BCUT2D eigenvalue weighted by atomic mass is 19.4. The van der Waals surface area contributed by atoms with Crippen LogP contribution < -0.4 is 5.73 Å². The highest BCUT2D eigenvalue weighted by molar-refractivity contribution is 5.05. The minimum atomic E-state index is -4.21. The first-order valence-corrected chi connectivity index (χ1v) is 7.12. The molecular formula is C13H18F3N3O. The monoisotopic (exact) mass is 289 g/mol. The molecule has 0 radical (unpaired) electrons. The summed E-state index contributed by atoms with van der Waals surface area (Å²) in [5.41, 5.74) is 5.96. The van der Waals surface area contributed by atoms with Crippen LogP contribution in [0.4, 0.5) is 13.2 Å². The molecule has 3 unspecified atom stereocenters. The second-order valence-electron chi connectivity index (χ2n) is 5.89. The summed E-state index contributed by atoms with van der Waals surface area (Å²) in [6.45, 7) is 0. The van der Waals surface area contributed by atoms with Crippen LogP contribution in [0.2, 0.25) is 0 Å². The molecule has 0 saturated heterocycles. The number of hydrogen-bond acceptors (Lipinski definition) is 4. The van der Waals surface area contributed by atoms with Crippen molar-refractivity contribution in [3.8, 4) is 0 Å². The molecule has 1 aromatic heterocycles. The molecule has 2 fully saturated rings. The van der Waals surface area contributed by atoms with Gasteiger partial charge in [-0.1, -0.05) is 18.0 Å². The Morgan fingerprint density at radius 2 is 1.85 bits per heavy atom. The Kier molecular flexibility index (Phi) is 3.48. The quantitative estimate of drug-likeness (QED) is 0.927. The van der Waals surface area contributed by atoms with E-state index in [4.69, 9.17) is 10.3 Å². The molecule has 7 heteroatoms. The molecule has 0 spiro atoms. The van der Waals surface area contributed by atoms with Gasteiger partial charge < -0.3 is 10.3 Å². The van der Waals surface area contributed by atoms with Gasteiger partial charge >= 0.3 is 6.18 Å². The second kappa shape index (κ2) is 5.02. The topological polar surface area (TPSA) is 64.9 Å². The molecule has 2 saturated carbocycles. The van der Waals surface area contributed by atoms with E-state index in [1.807, 2.05) is 0 Å². The summed E-state index contributed by atoms with van der Waals surface area (Å²) in [6.07, 6.45) is -0.199. The van der Waals surface area contributed by atoms with Crippen LogP contribution in [0.25, 0.3) is 0 Å². The molecule has 3 atom stereocenters. The van der Waals surface area contributed by atoms with Gasteiger partial charge in [0.05, 0.1) is 12.0 Å². The van der Waals surface area contributed by atoms with E-state index in [2.05, 4.69) is 10.1 Å². The average molecular weight is 289 g/mol. The molecule has 20 heavy (non-hydrogen) atoms. The van der Waals surface area contributed by atoms with Crippen molar-refractivity contribution in [2.24, 2.45) is 17.6 Å². The summed E-state index contributed by atoms with van der Waals surface area (Å²) in [5, 5.41) is 3.79. The number of halogens is 3. The lowest BCUT2D eigenvalue weighted by Crippen LogP contribution is -2.31. The SMILES string of the molecule is NC(c1noc(C2CCCCC2C(F)(F)F)n1)C1CC1. The third-order valence-electron chi connectivity index (χ3n) is 4.39. The van der Waals surface area contributed by atoms with Crippen molar-refractivity contribution in [3.05, 3.63) is 11.7 Å². The zero-order valence-corrected chi connectivity index (χ0v) is 11.1. The summed E-state index contributed by atoms with van der Waals surface area (Å²) in [6, 6.07) is -0.305. The third kappa shape index (κ3) is 2.68. The molecule has 0 bridgehead atoms. The minimum Gasteiger partial charge on any atom is -0.339 e. The third-order valence-corrected chi connectivity index (χ3v) is 4.39. The zero-order chi connectivity index (χ0) is 14.3. The van der Waals surface area contributed by atoms with E-state index >= 15 is 0 Å². The Morgan fingerprint density at radius 1 is 1.15 bits per heavy atom. The van der Waals surface area contributed by atoms with E-state index < -0.39 is 18.0 Å². The highest BCUT2D eigenvalue weighted by Crippen LogP contribution is 2.46. The lowest BCUT2D eigenvalue weighted by Gasteiger charge is -2.30. The second-order valence-corrected chi connectivity index (χ2v) is 5.89. The predicted molar refractivity (Wildman–Crippen MR) is 64.7 cm³/mol. The predicted octanol–water partition coefficient (Wildman–Crippen LogP) is 3.32. The summed E-state index contributed by atoms with van der Waals surface area (Å²) in [5.74, 6) is -1.27. The van der Waals surface area contributed by atoms with Crippen LogP contribution in [0.3, 0.4) is 0 Å². The van der Waals surface area contributed by atoms with Crippen LogP contribution in [0, 0.1) is 11.8 Å². The number of hydrogen-bond donors (Lipinski definition) is 1. The molecular weight excluding hydrogens is 271 g/mol. The van der Waals surface area contributed by atoms with Gasteiger partial charge in [0, 0.05) is 5.92 Å². The Balaban J connectivity index is 1.79. The Labute approximate surface area is 114 Å². The van der Waals surface area contributed by atoms with Gasteiger partial charge in [0.25, 0.3) is 0 Å². The Morgan fingerprint density at radius 3 is 2.50 bits per heavy atom. The molecule has 112 valence electrons. The van der Waals surface area contributed by atoms with Crippen molar-refractivity contribution >= 4 is 0 Å². The van der Waals surface area contributed by atoms with E-state index in [0.717, 1.165) is 19.3 Å². The number of aromatic nitrogens is 2. The number of nitrogens with zero attached hydrogens (tertiary/aromatic N) is 2. The summed E-state index contributed by atoms with van der Waals surface area (Å²) in [7, 11) is 0. The van der Waals surface area contributed by atoms with E-state index in [1.54, 1.807) is 0 Å². The molecule has 0 aromatic carbocycles. The largest absolute Gasteiger partial charge is 0.392 e. The van der Waals surface area contributed by atoms with Crippen LogP contribution in [-0.4, -0.2) is 16.3 Å². The average Bonchev–Trinajstić information content (AvgIpc) is 3.14. The fourth-order valence-corrected chi connectivity index (χ4v) is 3.02. The van der Waals surface area contributed by atoms with Gasteiger partial charge in [-0.05, 0) is 31.6 Å². The van der Waals surface area contributed by atoms with Crippen molar-refractivity contribution < 1.29 is 17.7 Å². The number of alkyl halides is 3. The number of rotatable bonds is 3. The standard InChI is InChI=1S/C13H18F3N3O/c14-13(15,16)9-4-2-1-3-8(9)12-18-11(19-20-12)10(17)7-5-6-7/h7-10H,1-6,17H2. The van der Waals surface area contributed by atoms with Crippen LogP contribution in [0.1, 0.15) is 62.2 Å². The molecule has 0 amide bonds. The summed E-state index contributed by atoms with van der Waals surface area (Å²) in [4.78, 5) is 4.16. The fourth-order valence-electron chi connectivity index (χ4n) is 3.02. The fraction of sp³-hybridized carbons (Fsp3) is 0.846. The summed E-state index contributed by atoms with van der Waals surface area (Å²) < 4.78 is 44.3. The van der Waals surface area contributed by atoms with E-state index in [-0.39, 0.29) is 18.4 Å². The van der Waals surface area contributed by atoms with Crippen LogP contribution in [0.15, 0.2) is 4.52 Å². The normalized spacial score (nSPS) is 29.4. The van der Waals surface area contributed by atoms with Gasteiger partial charge in [-0.15, -0.1) is 0 Å². The van der Waals surface area contributed by atoms with Crippen molar-refractivity contribution in [1.29, 1.82) is 0 Å². The van der Waals surface area contributed by atoms with Crippen molar-refractivity contribution in [2.45, 2.75) is 56.7 Å². The molecule has 1 heterocycles. The van der Waals surface area contributed by atoms with E-state index in [9.17, 15) is 13.2 Å². The lowest BCUT2D eigenvalue weighted by atomic mass is 9.78. The van der Waals surface area contributed by atoms with Crippen LogP contribution in [0.5, 0.6) is 0 Å². The van der Waals surface area contributed by atoms with Crippen molar-refractivity contribution in [3.63, 3.8) is 0 Å². The summed E-state index contributed by atoms with van der Waals surface area (Å²) >= 11 is 0. The first kappa shape index (κ1) is 13.9. The highest BCUT2D eigenvalue weighted by Gasteiger charge is 2.48. The minimum absolute atomic E-state index is 0.109. The maximum atomic E-state index is 13.1. The lowest BCUT2D eigenvalue weighted by molar-refractivity contribution is -0.189. The van der Waals surface area contributed by atoms with Crippen LogP contribution >= 0.6 is 0 Å². The van der Waals surface area contributed by atoms with Gasteiger partial charge in [-0.3, -0.25) is 0 Å². The maximum absolute atomic E-state index is 13.1. The van der Waals surface area contributed by atoms with Crippen LogP contribution in [-0.2, 0) is 0 Å². The first-order chi connectivity index (χ1) is 9.47.